The average Bonchev–Trinajstić information content (AvgIpc) is 2.85. The van der Waals surface area contributed by atoms with Crippen LogP contribution < -0.4 is 4.90 Å². The molecular weight excluding hydrogens is 228 g/mol. The molecule has 1 N–H and O–H groups in total. The van der Waals surface area contributed by atoms with E-state index in [-0.39, 0.29) is 6.61 Å². The molecule has 2 saturated heterocycles. The van der Waals surface area contributed by atoms with Crippen LogP contribution in [0.5, 0.6) is 0 Å². The molecule has 5 heteroatoms. The van der Waals surface area contributed by atoms with Gasteiger partial charge in [-0.1, -0.05) is 0 Å². The Balaban J connectivity index is 1.81. The van der Waals surface area contributed by atoms with E-state index >= 15 is 0 Å². The number of aromatic nitrogens is 2. The summed E-state index contributed by atoms with van der Waals surface area (Å²) in [7, 11) is 0. The molecule has 98 valence electrons. The Morgan fingerprint density at radius 3 is 3.11 bits per heavy atom. The van der Waals surface area contributed by atoms with Crippen molar-refractivity contribution in [1.82, 2.24) is 14.9 Å². The Labute approximate surface area is 107 Å². The maximum Gasteiger partial charge on any atom is 0.147 e. The highest BCUT2D eigenvalue weighted by Gasteiger charge is 2.34. The van der Waals surface area contributed by atoms with Crippen molar-refractivity contribution in [3.8, 4) is 0 Å². The van der Waals surface area contributed by atoms with Gasteiger partial charge in [0.25, 0.3) is 0 Å². The predicted molar refractivity (Wildman–Crippen MR) is 69.4 cm³/mol. The minimum Gasteiger partial charge on any atom is -0.390 e. The van der Waals surface area contributed by atoms with Gasteiger partial charge in [0.05, 0.1) is 24.7 Å². The lowest BCUT2D eigenvalue weighted by molar-refractivity contribution is 0.202. The summed E-state index contributed by atoms with van der Waals surface area (Å²) in [5.74, 6) is 0.903. The fraction of sp³-hybridized carbons (Fsp3) is 0.692. The van der Waals surface area contributed by atoms with E-state index in [4.69, 9.17) is 5.11 Å². The fourth-order valence-electron chi connectivity index (χ4n) is 3.12. The lowest BCUT2D eigenvalue weighted by atomic mass is 10.1. The first-order chi connectivity index (χ1) is 8.78. The van der Waals surface area contributed by atoms with Crippen molar-refractivity contribution in [2.45, 2.75) is 38.5 Å². The van der Waals surface area contributed by atoms with E-state index in [9.17, 15) is 0 Å². The normalized spacial score (nSPS) is 28.4. The third kappa shape index (κ3) is 2.08. The van der Waals surface area contributed by atoms with E-state index in [0.717, 1.165) is 18.9 Å². The second-order valence-corrected chi connectivity index (χ2v) is 5.32. The van der Waals surface area contributed by atoms with Crippen LogP contribution in [0.3, 0.4) is 0 Å². The summed E-state index contributed by atoms with van der Waals surface area (Å²) in [6, 6.07) is 1.13. The number of fused-ring (bicyclic) bond motifs is 1. The van der Waals surface area contributed by atoms with Gasteiger partial charge >= 0.3 is 0 Å². The Bertz CT molecular complexity index is 425. The quantitative estimate of drug-likeness (QED) is 0.832. The summed E-state index contributed by atoms with van der Waals surface area (Å²) in [6.07, 6.45) is 6.03. The number of rotatable bonds is 2. The van der Waals surface area contributed by atoms with Crippen LogP contribution in [-0.4, -0.2) is 51.7 Å². The second kappa shape index (κ2) is 4.82. The van der Waals surface area contributed by atoms with Crippen molar-refractivity contribution < 1.29 is 5.11 Å². The van der Waals surface area contributed by atoms with Gasteiger partial charge in [0.2, 0.25) is 0 Å². The largest absolute Gasteiger partial charge is 0.390 e. The summed E-state index contributed by atoms with van der Waals surface area (Å²) in [5, 5.41) is 9.15. The van der Waals surface area contributed by atoms with E-state index in [2.05, 4.69) is 26.7 Å². The van der Waals surface area contributed by atoms with Crippen molar-refractivity contribution >= 4 is 5.82 Å². The van der Waals surface area contributed by atoms with E-state index in [1.165, 1.54) is 19.4 Å². The van der Waals surface area contributed by atoms with Gasteiger partial charge in [-0.25, -0.2) is 4.98 Å². The minimum absolute atomic E-state index is 0.0430. The molecule has 1 aromatic rings. The molecule has 0 bridgehead atoms. The molecule has 0 aliphatic carbocycles. The zero-order valence-electron chi connectivity index (χ0n) is 10.8. The van der Waals surface area contributed by atoms with Crippen LogP contribution in [-0.2, 0) is 6.61 Å². The van der Waals surface area contributed by atoms with Crippen LogP contribution in [0.25, 0.3) is 0 Å². The van der Waals surface area contributed by atoms with Crippen LogP contribution in [0.15, 0.2) is 12.4 Å². The molecule has 3 heterocycles. The first kappa shape index (κ1) is 11.9. The summed E-state index contributed by atoms with van der Waals surface area (Å²) in [6.45, 7) is 5.58. The van der Waals surface area contributed by atoms with Gasteiger partial charge < -0.3 is 10.0 Å². The lowest BCUT2D eigenvalue weighted by Crippen LogP contribution is -2.55. The summed E-state index contributed by atoms with van der Waals surface area (Å²) >= 11 is 0. The molecule has 0 radical (unpaired) electrons. The molecular formula is C13H20N4O. The van der Waals surface area contributed by atoms with Gasteiger partial charge in [0.15, 0.2) is 0 Å². The number of anilines is 1. The highest BCUT2D eigenvalue weighted by atomic mass is 16.3. The maximum absolute atomic E-state index is 9.15. The summed E-state index contributed by atoms with van der Waals surface area (Å²) in [4.78, 5) is 13.6. The average molecular weight is 248 g/mol. The number of hydrogen-bond acceptors (Lipinski definition) is 5. The number of nitrogens with zero attached hydrogens (tertiary/aromatic N) is 4. The zero-order valence-corrected chi connectivity index (χ0v) is 10.8. The van der Waals surface area contributed by atoms with Gasteiger partial charge in [-0.05, 0) is 26.3 Å². The first-order valence-corrected chi connectivity index (χ1v) is 6.70. The van der Waals surface area contributed by atoms with Crippen molar-refractivity contribution in [3.05, 3.63) is 18.1 Å². The summed E-state index contributed by atoms with van der Waals surface area (Å²) in [5.41, 5.74) is 0.647. The fourth-order valence-corrected chi connectivity index (χ4v) is 3.12. The van der Waals surface area contributed by atoms with Crippen LogP contribution in [0.4, 0.5) is 5.82 Å². The Kier molecular flexibility index (Phi) is 3.18. The predicted octanol–water partition coefficient (Wildman–Crippen LogP) is 0.642. The van der Waals surface area contributed by atoms with Gasteiger partial charge in [0.1, 0.15) is 5.82 Å². The monoisotopic (exact) mass is 248 g/mol. The highest BCUT2D eigenvalue weighted by molar-refractivity contribution is 5.39. The molecule has 0 aromatic carbocycles. The molecule has 0 amide bonds. The third-order valence-corrected chi connectivity index (χ3v) is 4.07. The highest BCUT2D eigenvalue weighted by Crippen LogP contribution is 2.27. The van der Waals surface area contributed by atoms with Crippen LogP contribution >= 0.6 is 0 Å². The van der Waals surface area contributed by atoms with Crippen molar-refractivity contribution in [2.24, 2.45) is 0 Å². The zero-order chi connectivity index (χ0) is 12.5. The summed E-state index contributed by atoms with van der Waals surface area (Å²) < 4.78 is 0. The standard InChI is InChI=1S/C13H20N4O/c1-10-7-16-4-2-3-12(16)8-17(10)13-6-14-5-11(9-18)15-13/h5-6,10,12,18H,2-4,7-9H2,1H3. The molecule has 18 heavy (non-hydrogen) atoms. The van der Waals surface area contributed by atoms with E-state index in [0.29, 0.717) is 17.8 Å². The van der Waals surface area contributed by atoms with Crippen molar-refractivity contribution in [1.29, 1.82) is 0 Å². The third-order valence-electron chi connectivity index (χ3n) is 4.07. The molecule has 2 atom stereocenters. The Morgan fingerprint density at radius 1 is 1.39 bits per heavy atom. The van der Waals surface area contributed by atoms with E-state index in [1.54, 1.807) is 12.4 Å². The molecule has 2 unspecified atom stereocenters. The Morgan fingerprint density at radius 2 is 2.28 bits per heavy atom. The number of aliphatic hydroxyl groups is 1. The van der Waals surface area contributed by atoms with Crippen LogP contribution in [0, 0.1) is 0 Å². The van der Waals surface area contributed by atoms with E-state index in [1.807, 2.05) is 0 Å². The first-order valence-electron chi connectivity index (χ1n) is 6.70. The molecule has 3 rings (SSSR count). The molecule has 2 aliphatic heterocycles. The smallest absolute Gasteiger partial charge is 0.147 e. The number of piperazine rings is 1. The minimum atomic E-state index is -0.0430. The molecule has 2 fully saturated rings. The molecule has 1 aromatic heterocycles. The molecule has 5 nitrogen and oxygen atoms in total. The topological polar surface area (TPSA) is 52.5 Å². The van der Waals surface area contributed by atoms with Gasteiger partial charge in [-0.2, -0.15) is 0 Å². The van der Waals surface area contributed by atoms with Crippen molar-refractivity contribution in [3.63, 3.8) is 0 Å². The SMILES string of the molecule is CC1CN2CCCC2CN1c1cncc(CO)n1. The number of aliphatic hydroxyl groups excluding tert-OH is 1. The molecule has 0 spiro atoms. The molecule has 0 saturated carbocycles. The van der Waals surface area contributed by atoms with Gasteiger partial charge in [-0.15, -0.1) is 0 Å². The number of hydrogen-bond donors (Lipinski definition) is 1. The van der Waals surface area contributed by atoms with Gasteiger partial charge in [-0.3, -0.25) is 9.88 Å². The maximum atomic E-state index is 9.15. The van der Waals surface area contributed by atoms with E-state index < -0.39 is 0 Å². The Hall–Kier alpha value is -1.20. The molecule has 2 aliphatic rings. The van der Waals surface area contributed by atoms with Gasteiger partial charge in [0, 0.05) is 25.2 Å². The second-order valence-electron chi connectivity index (χ2n) is 5.32. The van der Waals surface area contributed by atoms with Crippen molar-refractivity contribution in [2.75, 3.05) is 24.5 Å². The van der Waals surface area contributed by atoms with Crippen LogP contribution in [0.2, 0.25) is 0 Å². The van der Waals surface area contributed by atoms with Crippen LogP contribution in [0.1, 0.15) is 25.5 Å². The lowest BCUT2D eigenvalue weighted by Gasteiger charge is -2.42.